The van der Waals surface area contributed by atoms with Crippen LogP contribution in [0.4, 0.5) is 5.69 Å². The molecule has 0 aromatic carbocycles. The van der Waals surface area contributed by atoms with Crippen LogP contribution >= 0.6 is 0 Å². The van der Waals surface area contributed by atoms with Crippen LogP contribution in [0, 0.1) is 11.3 Å². The van der Waals surface area contributed by atoms with Crippen molar-refractivity contribution in [3.63, 3.8) is 0 Å². The van der Waals surface area contributed by atoms with E-state index in [0.29, 0.717) is 11.8 Å². The quantitative estimate of drug-likeness (QED) is 0.636. The molecule has 0 atom stereocenters. The van der Waals surface area contributed by atoms with Crippen LogP contribution in [0.15, 0.2) is 6.07 Å². The topological polar surface area (TPSA) is 65.8 Å². The molecule has 0 unspecified atom stereocenters. The van der Waals surface area contributed by atoms with Crippen molar-refractivity contribution in [2.45, 2.75) is 6.42 Å². The molecule has 1 aromatic heterocycles. The lowest BCUT2D eigenvalue weighted by molar-refractivity contribution is 0.111. The maximum atomic E-state index is 10.6. The molecule has 0 fully saturated rings. The summed E-state index contributed by atoms with van der Waals surface area (Å²) in [5.41, 5.74) is 2.33. The second-order valence-electron chi connectivity index (χ2n) is 2.82. The Morgan fingerprint density at radius 2 is 2.54 bits per heavy atom. The Bertz CT molecular complexity index is 406. The smallest absolute Gasteiger partial charge is 0.169 e. The molecule has 0 saturated carbocycles. The number of anilines is 1. The number of nitriles is 1. The van der Waals surface area contributed by atoms with Crippen molar-refractivity contribution < 1.29 is 4.79 Å². The number of pyridine rings is 1. The van der Waals surface area contributed by atoms with E-state index in [1.165, 1.54) is 0 Å². The molecule has 0 saturated heterocycles. The minimum atomic E-state index is 0.241. The van der Waals surface area contributed by atoms with E-state index < -0.39 is 0 Å². The van der Waals surface area contributed by atoms with Crippen molar-refractivity contribution in [1.29, 1.82) is 5.26 Å². The Balaban J connectivity index is 2.61. The summed E-state index contributed by atoms with van der Waals surface area (Å²) >= 11 is 0. The molecule has 1 aliphatic heterocycles. The van der Waals surface area contributed by atoms with Gasteiger partial charge in [0.1, 0.15) is 11.8 Å². The van der Waals surface area contributed by atoms with E-state index in [0.717, 1.165) is 24.3 Å². The van der Waals surface area contributed by atoms with Crippen molar-refractivity contribution >= 4 is 12.0 Å². The summed E-state index contributed by atoms with van der Waals surface area (Å²) < 4.78 is 0. The summed E-state index contributed by atoms with van der Waals surface area (Å²) in [7, 11) is 0. The van der Waals surface area contributed by atoms with Gasteiger partial charge in [-0.05, 0) is 6.07 Å². The molecule has 1 aromatic rings. The monoisotopic (exact) mass is 173 g/mol. The van der Waals surface area contributed by atoms with E-state index in [-0.39, 0.29) is 5.69 Å². The highest BCUT2D eigenvalue weighted by atomic mass is 16.1. The predicted molar refractivity (Wildman–Crippen MR) is 46.5 cm³/mol. The number of rotatable bonds is 1. The third-order valence-electron chi connectivity index (χ3n) is 2.04. The number of hydrogen-bond acceptors (Lipinski definition) is 4. The van der Waals surface area contributed by atoms with Gasteiger partial charge in [-0.1, -0.05) is 0 Å². The van der Waals surface area contributed by atoms with E-state index in [2.05, 4.69) is 10.3 Å². The molecule has 2 rings (SSSR count). The number of carbonyl (C=O) groups is 1. The molecular formula is C9H7N3O. The molecule has 64 valence electrons. The first-order chi connectivity index (χ1) is 6.35. The summed E-state index contributed by atoms with van der Waals surface area (Å²) in [6, 6.07) is 3.62. The van der Waals surface area contributed by atoms with Crippen LogP contribution in [0.3, 0.4) is 0 Å². The Kier molecular flexibility index (Phi) is 1.71. The Morgan fingerprint density at radius 3 is 3.23 bits per heavy atom. The van der Waals surface area contributed by atoms with Gasteiger partial charge in [-0.15, -0.1) is 0 Å². The molecule has 13 heavy (non-hydrogen) atoms. The van der Waals surface area contributed by atoms with Gasteiger partial charge in [0.2, 0.25) is 0 Å². The summed E-state index contributed by atoms with van der Waals surface area (Å²) in [5.74, 6) is 0. The molecule has 4 heteroatoms. The molecular weight excluding hydrogens is 166 g/mol. The zero-order valence-corrected chi connectivity index (χ0v) is 6.87. The number of aldehydes is 1. The number of fused-ring (bicyclic) bond motifs is 1. The second-order valence-corrected chi connectivity index (χ2v) is 2.82. The highest BCUT2D eigenvalue weighted by Crippen LogP contribution is 2.22. The SMILES string of the molecule is N#Cc1cc2c(nc1C=O)CCN2. The lowest BCUT2D eigenvalue weighted by atomic mass is 10.1. The normalized spacial score (nSPS) is 12.8. The molecule has 0 aliphatic carbocycles. The first-order valence-electron chi connectivity index (χ1n) is 3.98. The molecule has 0 bridgehead atoms. The third kappa shape index (κ3) is 1.14. The Hall–Kier alpha value is -1.89. The summed E-state index contributed by atoms with van der Waals surface area (Å²) in [6.07, 6.45) is 1.44. The van der Waals surface area contributed by atoms with Gasteiger partial charge in [0.15, 0.2) is 6.29 Å². The molecule has 1 aliphatic rings. The van der Waals surface area contributed by atoms with E-state index in [9.17, 15) is 4.79 Å². The molecule has 2 heterocycles. The third-order valence-corrected chi connectivity index (χ3v) is 2.04. The Labute approximate surface area is 75.2 Å². The van der Waals surface area contributed by atoms with E-state index in [4.69, 9.17) is 5.26 Å². The predicted octanol–water partition coefficient (Wildman–Crippen LogP) is 0.734. The lowest BCUT2D eigenvalue weighted by Gasteiger charge is -2.00. The van der Waals surface area contributed by atoms with Crippen molar-refractivity contribution in [1.82, 2.24) is 4.98 Å². The van der Waals surface area contributed by atoms with Crippen LogP contribution in [0.5, 0.6) is 0 Å². The van der Waals surface area contributed by atoms with Crippen LogP contribution in [-0.4, -0.2) is 17.8 Å². The number of aromatic nitrogens is 1. The fraction of sp³-hybridized carbons (Fsp3) is 0.222. The number of nitrogens with zero attached hydrogens (tertiary/aromatic N) is 2. The minimum Gasteiger partial charge on any atom is -0.383 e. The molecule has 0 spiro atoms. The average molecular weight is 173 g/mol. The summed E-state index contributed by atoms with van der Waals surface area (Å²) in [5, 5.41) is 11.8. The molecule has 4 nitrogen and oxygen atoms in total. The standard InChI is InChI=1S/C9H7N3O/c10-4-6-3-8-7(1-2-11-8)12-9(6)5-13/h3,5,11H,1-2H2. The number of hydrogen-bond donors (Lipinski definition) is 1. The van der Waals surface area contributed by atoms with Gasteiger partial charge in [0.05, 0.1) is 16.9 Å². The van der Waals surface area contributed by atoms with E-state index in [1.54, 1.807) is 6.07 Å². The van der Waals surface area contributed by atoms with Crippen LogP contribution < -0.4 is 5.32 Å². The fourth-order valence-electron chi connectivity index (χ4n) is 1.41. The second kappa shape index (κ2) is 2.87. The Morgan fingerprint density at radius 1 is 1.69 bits per heavy atom. The van der Waals surface area contributed by atoms with Gasteiger partial charge in [0.25, 0.3) is 0 Å². The molecule has 0 amide bonds. The zero-order valence-electron chi connectivity index (χ0n) is 6.87. The largest absolute Gasteiger partial charge is 0.383 e. The molecule has 1 N–H and O–H groups in total. The average Bonchev–Trinajstić information content (AvgIpc) is 2.62. The van der Waals surface area contributed by atoms with E-state index >= 15 is 0 Å². The van der Waals surface area contributed by atoms with Gasteiger partial charge in [-0.2, -0.15) is 5.26 Å². The number of carbonyl (C=O) groups excluding carboxylic acids is 1. The zero-order chi connectivity index (χ0) is 9.26. The van der Waals surface area contributed by atoms with Crippen molar-refractivity contribution in [2.24, 2.45) is 0 Å². The van der Waals surface area contributed by atoms with Gasteiger partial charge < -0.3 is 5.32 Å². The van der Waals surface area contributed by atoms with Crippen LogP contribution in [-0.2, 0) is 6.42 Å². The van der Waals surface area contributed by atoms with Gasteiger partial charge >= 0.3 is 0 Å². The van der Waals surface area contributed by atoms with Gasteiger partial charge in [-0.3, -0.25) is 4.79 Å². The minimum absolute atomic E-state index is 0.241. The van der Waals surface area contributed by atoms with E-state index in [1.807, 2.05) is 6.07 Å². The highest BCUT2D eigenvalue weighted by Gasteiger charge is 2.15. The first kappa shape index (κ1) is 7.74. The van der Waals surface area contributed by atoms with Crippen molar-refractivity contribution in [2.75, 3.05) is 11.9 Å². The van der Waals surface area contributed by atoms with Gasteiger partial charge in [-0.25, -0.2) is 4.98 Å². The summed E-state index contributed by atoms with van der Waals surface area (Å²) in [4.78, 5) is 14.6. The van der Waals surface area contributed by atoms with Gasteiger partial charge in [0, 0.05) is 13.0 Å². The fourth-order valence-corrected chi connectivity index (χ4v) is 1.41. The number of nitrogens with one attached hydrogen (secondary N) is 1. The van der Waals surface area contributed by atoms with Crippen LogP contribution in [0.2, 0.25) is 0 Å². The molecule has 0 radical (unpaired) electrons. The van der Waals surface area contributed by atoms with Crippen molar-refractivity contribution in [3.05, 3.63) is 23.0 Å². The maximum Gasteiger partial charge on any atom is 0.169 e. The van der Waals surface area contributed by atoms with Crippen LogP contribution in [0.25, 0.3) is 0 Å². The maximum absolute atomic E-state index is 10.6. The lowest BCUT2D eigenvalue weighted by Crippen LogP contribution is -1.96. The first-order valence-corrected chi connectivity index (χ1v) is 3.98. The van der Waals surface area contributed by atoms with Crippen molar-refractivity contribution in [3.8, 4) is 6.07 Å². The van der Waals surface area contributed by atoms with Crippen LogP contribution in [0.1, 0.15) is 21.7 Å². The highest BCUT2D eigenvalue weighted by molar-refractivity contribution is 5.78. The summed E-state index contributed by atoms with van der Waals surface area (Å²) in [6.45, 7) is 0.829.